The fraction of sp³-hybridized carbons (Fsp3) is 0.455. The molecule has 2 atom stereocenters. The lowest BCUT2D eigenvalue weighted by Gasteiger charge is -2.28. The lowest BCUT2D eigenvalue weighted by atomic mass is 10.1. The van der Waals surface area contributed by atoms with Crippen LogP contribution in [0, 0.1) is 0 Å². The van der Waals surface area contributed by atoms with Crippen LogP contribution in [0.4, 0.5) is 0 Å². The van der Waals surface area contributed by atoms with Crippen molar-refractivity contribution in [2.75, 3.05) is 6.61 Å². The molecule has 0 amide bonds. The van der Waals surface area contributed by atoms with Gasteiger partial charge in [0.05, 0.1) is 12.7 Å². The van der Waals surface area contributed by atoms with Crippen LogP contribution in [-0.2, 0) is 9.47 Å². The van der Waals surface area contributed by atoms with Gasteiger partial charge in [-0.2, -0.15) is 0 Å². The van der Waals surface area contributed by atoms with Gasteiger partial charge in [0, 0.05) is 5.56 Å². The SMILES string of the molecule is CC1CCOC(c2ccc(O)c(O)c2)O1. The van der Waals surface area contributed by atoms with E-state index in [-0.39, 0.29) is 17.6 Å². The first-order chi connectivity index (χ1) is 7.16. The second kappa shape index (κ2) is 4.08. The van der Waals surface area contributed by atoms with Crippen LogP contribution in [0.25, 0.3) is 0 Å². The van der Waals surface area contributed by atoms with Crippen LogP contribution < -0.4 is 0 Å². The third-order valence-corrected chi connectivity index (χ3v) is 2.42. The van der Waals surface area contributed by atoms with Gasteiger partial charge in [0.15, 0.2) is 17.8 Å². The highest BCUT2D eigenvalue weighted by Gasteiger charge is 2.21. The summed E-state index contributed by atoms with van der Waals surface area (Å²) in [7, 11) is 0. The quantitative estimate of drug-likeness (QED) is 0.695. The van der Waals surface area contributed by atoms with Crippen molar-refractivity contribution in [3.63, 3.8) is 0 Å². The van der Waals surface area contributed by atoms with E-state index in [0.717, 1.165) is 12.0 Å². The number of aromatic hydroxyl groups is 2. The molecule has 2 rings (SSSR count). The molecule has 0 aliphatic carbocycles. The van der Waals surface area contributed by atoms with Gasteiger partial charge < -0.3 is 19.7 Å². The summed E-state index contributed by atoms with van der Waals surface area (Å²) < 4.78 is 11.0. The van der Waals surface area contributed by atoms with Crippen molar-refractivity contribution in [3.8, 4) is 11.5 Å². The van der Waals surface area contributed by atoms with Crippen molar-refractivity contribution in [3.05, 3.63) is 23.8 Å². The number of benzene rings is 1. The van der Waals surface area contributed by atoms with Crippen molar-refractivity contribution in [2.45, 2.75) is 25.7 Å². The van der Waals surface area contributed by atoms with Crippen molar-refractivity contribution in [2.24, 2.45) is 0 Å². The molecule has 82 valence electrons. The minimum absolute atomic E-state index is 0.136. The van der Waals surface area contributed by atoms with E-state index in [1.165, 1.54) is 12.1 Å². The average molecular weight is 210 g/mol. The molecule has 4 nitrogen and oxygen atoms in total. The van der Waals surface area contributed by atoms with Crippen LogP contribution in [0.5, 0.6) is 11.5 Å². The smallest absolute Gasteiger partial charge is 0.184 e. The molecule has 1 aliphatic heterocycles. The number of phenolic OH excluding ortho intramolecular Hbond substituents is 2. The van der Waals surface area contributed by atoms with E-state index < -0.39 is 6.29 Å². The summed E-state index contributed by atoms with van der Waals surface area (Å²) in [6, 6.07) is 4.56. The van der Waals surface area contributed by atoms with Gasteiger partial charge in [-0.15, -0.1) is 0 Å². The fourth-order valence-electron chi connectivity index (χ4n) is 1.52. The maximum Gasteiger partial charge on any atom is 0.184 e. The molecule has 1 aromatic rings. The minimum atomic E-state index is -0.444. The van der Waals surface area contributed by atoms with Gasteiger partial charge in [-0.3, -0.25) is 0 Å². The van der Waals surface area contributed by atoms with Crippen molar-refractivity contribution in [1.29, 1.82) is 0 Å². The molecule has 1 aromatic carbocycles. The number of phenols is 2. The van der Waals surface area contributed by atoms with Crippen molar-refractivity contribution in [1.82, 2.24) is 0 Å². The summed E-state index contributed by atoms with van der Waals surface area (Å²) in [6.07, 6.45) is 0.584. The third kappa shape index (κ3) is 2.22. The van der Waals surface area contributed by atoms with E-state index in [2.05, 4.69) is 0 Å². The summed E-state index contributed by atoms with van der Waals surface area (Å²) in [5.74, 6) is -0.291. The lowest BCUT2D eigenvalue weighted by molar-refractivity contribution is -0.212. The Bertz CT molecular complexity index is 350. The van der Waals surface area contributed by atoms with Gasteiger partial charge in [-0.25, -0.2) is 0 Å². The number of rotatable bonds is 1. The molecule has 1 saturated heterocycles. The van der Waals surface area contributed by atoms with E-state index >= 15 is 0 Å². The molecule has 1 aliphatic rings. The highest BCUT2D eigenvalue weighted by molar-refractivity contribution is 5.40. The van der Waals surface area contributed by atoms with Gasteiger partial charge in [0.25, 0.3) is 0 Å². The molecule has 4 heteroatoms. The molecule has 0 aromatic heterocycles. The molecular weight excluding hydrogens is 196 g/mol. The minimum Gasteiger partial charge on any atom is -0.504 e. The zero-order chi connectivity index (χ0) is 10.8. The highest BCUT2D eigenvalue weighted by Crippen LogP contribution is 2.32. The van der Waals surface area contributed by atoms with E-state index in [4.69, 9.17) is 14.6 Å². The monoisotopic (exact) mass is 210 g/mol. The summed E-state index contributed by atoms with van der Waals surface area (Å²) >= 11 is 0. The summed E-state index contributed by atoms with van der Waals surface area (Å²) in [5, 5.41) is 18.5. The fourth-order valence-corrected chi connectivity index (χ4v) is 1.52. The normalized spacial score (nSPS) is 26.5. The standard InChI is InChI=1S/C11H14O4/c1-7-4-5-14-11(15-7)8-2-3-9(12)10(13)6-8/h2-3,6-7,11-13H,4-5H2,1H3. The Morgan fingerprint density at radius 2 is 2.07 bits per heavy atom. The Labute approximate surface area is 88.1 Å². The van der Waals surface area contributed by atoms with Gasteiger partial charge >= 0.3 is 0 Å². The van der Waals surface area contributed by atoms with Gasteiger partial charge in [0.2, 0.25) is 0 Å². The van der Waals surface area contributed by atoms with Crippen molar-refractivity contribution >= 4 is 0 Å². The molecule has 1 heterocycles. The van der Waals surface area contributed by atoms with E-state index in [1.54, 1.807) is 6.07 Å². The summed E-state index contributed by atoms with van der Waals surface area (Å²) in [5.41, 5.74) is 0.719. The zero-order valence-electron chi connectivity index (χ0n) is 8.51. The first-order valence-corrected chi connectivity index (χ1v) is 4.96. The molecule has 0 spiro atoms. The zero-order valence-corrected chi connectivity index (χ0v) is 8.51. The summed E-state index contributed by atoms with van der Waals surface area (Å²) in [6.45, 7) is 2.63. The second-order valence-corrected chi connectivity index (χ2v) is 3.69. The Balaban J connectivity index is 2.18. The van der Waals surface area contributed by atoms with E-state index in [1.807, 2.05) is 6.92 Å². The van der Waals surface area contributed by atoms with Crippen LogP contribution >= 0.6 is 0 Å². The lowest BCUT2D eigenvalue weighted by Crippen LogP contribution is -2.24. The third-order valence-electron chi connectivity index (χ3n) is 2.42. The first-order valence-electron chi connectivity index (χ1n) is 4.96. The molecule has 15 heavy (non-hydrogen) atoms. The average Bonchev–Trinajstić information content (AvgIpc) is 2.22. The first kappa shape index (κ1) is 10.3. The predicted octanol–water partition coefficient (Wildman–Crippen LogP) is 1.92. The Hall–Kier alpha value is -1.26. The van der Waals surface area contributed by atoms with Crippen LogP contribution in [-0.4, -0.2) is 22.9 Å². The number of hydrogen-bond acceptors (Lipinski definition) is 4. The molecular formula is C11H14O4. The Morgan fingerprint density at radius 1 is 1.27 bits per heavy atom. The van der Waals surface area contributed by atoms with Gasteiger partial charge in [0.1, 0.15) is 0 Å². The second-order valence-electron chi connectivity index (χ2n) is 3.69. The van der Waals surface area contributed by atoms with Crippen LogP contribution in [0.1, 0.15) is 25.2 Å². The van der Waals surface area contributed by atoms with Crippen molar-refractivity contribution < 1.29 is 19.7 Å². The highest BCUT2D eigenvalue weighted by atomic mass is 16.7. The predicted molar refractivity (Wildman–Crippen MR) is 53.6 cm³/mol. The summed E-state index contributed by atoms with van der Waals surface area (Å²) in [4.78, 5) is 0. The van der Waals surface area contributed by atoms with Gasteiger partial charge in [-0.05, 0) is 25.5 Å². The Morgan fingerprint density at radius 3 is 2.73 bits per heavy atom. The van der Waals surface area contributed by atoms with Crippen LogP contribution in [0.15, 0.2) is 18.2 Å². The number of ether oxygens (including phenoxy) is 2. The molecule has 2 N–H and O–H groups in total. The maximum atomic E-state index is 9.34. The van der Waals surface area contributed by atoms with Crippen LogP contribution in [0.2, 0.25) is 0 Å². The van der Waals surface area contributed by atoms with E-state index in [0.29, 0.717) is 6.61 Å². The largest absolute Gasteiger partial charge is 0.504 e. The molecule has 0 radical (unpaired) electrons. The molecule has 2 unspecified atom stereocenters. The molecule has 1 fully saturated rings. The molecule has 0 bridgehead atoms. The maximum absolute atomic E-state index is 9.34. The Kier molecular flexibility index (Phi) is 2.79. The number of hydrogen-bond donors (Lipinski definition) is 2. The topological polar surface area (TPSA) is 58.9 Å². The van der Waals surface area contributed by atoms with Crippen LogP contribution in [0.3, 0.4) is 0 Å². The van der Waals surface area contributed by atoms with Gasteiger partial charge in [-0.1, -0.05) is 6.07 Å². The van der Waals surface area contributed by atoms with E-state index in [9.17, 15) is 5.11 Å². The molecule has 0 saturated carbocycles.